The largest absolute Gasteiger partial charge is 0.478 e. The third-order valence-corrected chi connectivity index (χ3v) is 2.35. The summed E-state index contributed by atoms with van der Waals surface area (Å²) in [5.41, 5.74) is 0.963. The van der Waals surface area contributed by atoms with Crippen LogP contribution in [0.25, 0.3) is 5.82 Å². The van der Waals surface area contributed by atoms with Gasteiger partial charge in [0.05, 0.1) is 11.9 Å². The number of nitrogens with zero attached hydrogens (tertiary/aromatic N) is 4. The first kappa shape index (κ1) is 11.3. The predicted molar refractivity (Wildman–Crippen MR) is 60.2 cm³/mol. The van der Waals surface area contributed by atoms with E-state index in [-0.39, 0.29) is 17.3 Å². The van der Waals surface area contributed by atoms with Gasteiger partial charge in [0.25, 0.3) is 0 Å². The van der Waals surface area contributed by atoms with Crippen LogP contribution in [0.15, 0.2) is 24.5 Å². The number of carboxylic acid groups (broad SMARTS) is 1. The molecule has 0 aliphatic heterocycles. The molecule has 0 aliphatic rings. The van der Waals surface area contributed by atoms with Gasteiger partial charge in [0, 0.05) is 6.20 Å². The van der Waals surface area contributed by atoms with Crippen molar-refractivity contribution in [2.45, 2.75) is 19.8 Å². The first-order valence-corrected chi connectivity index (χ1v) is 5.20. The number of aromatic carboxylic acids is 1. The predicted octanol–water partition coefficient (Wildman–Crippen LogP) is 1.48. The van der Waals surface area contributed by atoms with E-state index in [2.05, 4.69) is 15.3 Å². The summed E-state index contributed by atoms with van der Waals surface area (Å²) in [5.74, 6) is -0.537. The van der Waals surface area contributed by atoms with E-state index in [0.717, 1.165) is 5.69 Å². The van der Waals surface area contributed by atoms with Crippen LogP contribution < -0.4 is 0 Å². The van der Waals surface area contributed by atoms with Crippen molar-refractivity contribution in [1.29, 1.82) is 0 Å². The lowest BCUT2D eigenvalue weighted by Gasteiger charge is -2.03. The van der Waals surface area contributed by atoms with E-state index in [4.69, 9.17) is 5.11 Å². The smallest absolute Gasteiger partial charge is 0.339 e. The zero-order valence-electron chi connectivity index (χ0n) is 9.53. The van der Waals surface area contributed by atoms with Gasteiger partial charge in [-0.1, -0.05) is 13.8 Å². The Kier molecular flexibility index (Phi) is 2.86. The molecule has 2 rings (SSSR count). The Balaban J connectivity index is 2.49. The van der Waals surface area contributed by atoms with E-state index in [1.165, 1.54) is 16.9 Å². The molecule has 6 heteroatoms. The molecule has 0 saturated carbocycles. The van der Waals surface area contributed by atoms with Gasteiger partial charge >= 0.3 is 5.97 Å². The molecule has 2 aromatic rings. The van der Waals surface area contributed by atoms with Gasteiger partial charge in [0.15, 0.2) is 5.82 Å². The van der Waals surface area contributed by atoms with Gasteiger partial charge in [-0.3, -0.25) is 0 Å². The standard InChI is InChI=1S/C11H12N4O2/c1-7(2)9-4-6-15(14-9)10-8(11(16)17)3-5-12-13-10/h3-7H,1-2H3,(H,16,17). The highest BCUT2D eigenvalue weighted by Crippen LogP contribution is 2.14. The Labute approximate surface area is 97.9 Å². The van der Waals surface area contributed by atoms with Gasteiger partial charge in [-0.05, 0) is 18.1 Å². The molecule has 0 aromatic carbocycles. The fraction of sp³-hybridized carbons (Fsp3) is 0.273. The van der Waals surface area contributed by atoms with Gasteiger partial charge in [-0.2, -0.15) is 10.2 Å². The second-order valence-corrected chi connectivity index (χ2v) is 3.91. The molecule has 0 atom stereocenters. The van der Waals surface area contributed by atoms with Crippen LogP contribution in [-0.2, 0) is 0 Å². The fourth-order valence-electron chi connectivity index (χ4n) is 1.42. The number of hydrogen-bond donors (Lipinski definition) is 1. The van der Waals surface area contributed by atoms with E-state index in [0.29, 0.717) is 0 Å². The highest BCUT2D eigenvalue weighted by Gasteiger charge is 2.14. The van der Waals surface area contributed by atoms with Crippen LogP contribution in [-0.4, -0.2) is 31.1 Å². The normalized spacial score (nSPS) is 10.8. The molecule has 2 aromatic heterocycles. The zero-order valence-corrected chi connectivity index (χ0v) is 9.53. The first-order valence-electron chi connectivity index (χ1n) is 5.20. The second kappa shape index (κ2) is 4.32. The third kappa shape index (κ3) is 2.15. The quantitative estimate of drug-likeness (QED) is 0.866. The monoisotopic (exact) mass is 232 g/mol. The molecule has 0 saturated heterocycles. The van der Waals surface area contributed by atoms with Crippen molar-refractivity contribution in [2.75, 3.05) is 0 Å². The average Bonchev–Trinajstić information content (AvgIpc) is 2.78. The summed E-state index contributed by atoms with van der Waals surface area (Å²) in [6.45, 7) is 4.03. The molecule has 0 aliphatic carbocycles. The highest BCUT2D eigenvalue weighted by molar-refractivity contribution is 5.90. The topological polar surface area (TPSA) is 80.9 Å². The number of hydrogen-bond acceptors (Lipinski definition) is 4. The Morgan fingerprint density at radius 2 is 2.18 bits per heavy atom. The minimum absolute atomic E-state index is 0.0819. The number of carbonyl (C=O) groups is 1. The fourth-order valence-corrected chi connectivity index (χ4v) is 1.42. The van der Waals surface area contributed by atoms with Gasteiger partial charge in [-0.25, -0.2) is 9.48 Å². The first-order chi connectivity index (χ1) is 8.09. The van der Waals surface area contributed by atoms with Crippen LogP contribution in [0.3, 0.4) is 0 Å². The third-order valence-electron chi connectivity index (χ3n) is 2.35. The molecule has 0 spiro atoms. The lowest BCUT2D eigenvalue weighted by molar-refractivity contribution is 0.0696. The van der Waals surface area contributed by atoms with Gasteiger partial charge < -0.3 is 5.11 Å². The summed E-state index contributed by atoms with van der Waals surface area (Å²) in [7, 11) is 0. The Hall–Kier alpha value is -2.24. The number of rotatable bonds is 3. The maximum absolute atomic E-state index is 11.0. The molecule has 2 heterocycles. The van der Waals surface area contributed by atoms with E-state index >= 15 is 0 Å². The Morgan fingerprint density at radius 3 is 2.76 bits per heavy atom. The Bertz CT molecular complexity index is 548. The van der Waals surface area contributed by atoms with Crippen molar-refractivity contribution < 1.29 is 9.90 Å². The van der Waals surface area contributed by atoms with E-state index in [9.17, 15) is 4.79 Å². The molecule has 0 unspecified atom stereocenters. The maximum Gasteiger partial charge on any atom is 0.339 e. The molecular formula is C11H12N4O2. The van der Waals surface area contributed by atoms with Crippen molar-refractivity contribution in [3.63, 3.8) is 0 Å². The van der Waals surface area contributed by atoms with Crippen LogP contribution in [0.5, 0.6) is 0 Å². The Morgan fingerprint density at radius 1 is 1.41 bits per heavy atom. The van der Waals surface area contributed by atoms with Crippen LogP contribution in [0.2, 0.25) is 0 Å². The lowest BCUT2D eigenvalue weighted by Crippen LogP contribution is -2.09. The van der Waals surface area contributed by atoms with Gasteiger partial charge in [0.2, 0.25) is 0 Å². The van der Waals surface area contributed by atoms with E-state index in [1.54, 1.807) is 6.20 Å². The molecule has 0 fully saturated rings. The molecule has 1 N–H and O–H groups in total. The molecular weight excluding hydrogens is 220 g/mol. The zero-order chi connectivity index (χ0) is 12.4. The van der Waals surface area contributed by atoms with Crippen LogP contribution >= 0.6 is 0 Å². The minimum Gasteiger partial charge on any atom is -0.478 e. The highest BCUT2D eigenvalue weighted by atomic mass is 16.4. The summed E-state index contributed by atoms with van der Waals surface area (Å²) in [6, 6.07) is 3.24. The number of carboxylic acids is 1. The molecule has 0 radical (unpaired) electrons. The summed E-state index contributed by atoms with van der Waals surface area (Å²) >= 11 is 0. The maximum atomic E-state index is 11.0. The van der Waals surface area contributed by atoms with Gasteiger partial charge in [-0.15, -0.1) is 5.10 Å². The van der Waals surface area contributed by atoms with E-state index in [1.807, 2.05) is 19.9 Å². The minimum atomic E-state index is -1.04. The molecule has 0 bridgehead atoms. The van der Waals surface area contributed by atoms with Crippen molar-refractivity contribution in [3.05, 3.63) is 35.8 Å². The van der Waals surface area contributed by atoms with Gasteiger partial charge in [0.1, 0.15) is 5.56 Å². The number of aromatic nitrogens is 4. The summed E-state index contributed by atoms with van der Waals surface area (Å²) in [4.78, 5) is 11.0. The van der Waals surface area contributed by atoms with Crippen LogP contribution in [0.1, 0.15) is 35.8 Å². The molecule has 0 amide bonds. The summed E-state index contributed by atoms with van der Waals surface area (Å²) in [6.07, 6.45) is 3.03. The van der Waals surface area contributed by atoms with Crippen LogP contribution in [0.4, 0.5) is 0 Å². The van der Waals surface area contributed by atoms with Crippen molar-refractivity contribution in [1.82, 2.24) is 20.0 Å². The van der Waals surface area contributed by atoms with Crippen LogP contribution in [0, 0.1) is 0 Å². The summed E-state index contributed by atoms with van der Waals surface area (Å²) in [5, 5.41) is 20.8. The molecule has 88 valence electrons. The van der Waals surface area contributed by atoms with Crippen molar-refractivity contribution >= 4 is 5.97 Å². The molecule has 17 heavy (non-hydrogen) atoms. The second-order valence-electron chi connectivity index (χ2n) is 3.91. The summed E-state index contributed by atoms with van der Waals surface area (Å²) < 4.78 is 1.44. The van der Waals surface area contributed by atoms with Crippen molar-refractivity contribution in [3.8, 4) is 5.82 Å². The van der Waals surface area contributed by atoms with E-state index < -0.39 is 5.97 Å². The average molecular weight is 232 g/mol. The SMILES string of the molecule is CC(C)c1ccn(-c2nnccc2C(=O)O)n1. The lowest BCUT2D eigenvalue weighted by atomic mass is 10.1. The molecule has 6 nitrogen and oxygen atoms in total. The van der Waals surface area contributed by atoms with Crippen molar-refractivity contribution in [2.24, 2.45) is 0 Å².